The van der Waals surface area contributed by atoms with E-state index in [2.05, 4.69) is 12.1 Å². The van der Waals surface area contributed by atoms with Crippen LogP contribution in [0.1, 0.15) is 53.1 Å². The predicted molar refractivity (Wildman–Crippen MR) is 107 cm³/mol. The first-order valence-corrected chi connectivity index (χ1v) is 9.78. The van der Waals surface area contributed by atoms with E-state index < -0.39 is 11.6 Å². The summed E-state index contributed by atoms with van der Waals surface area (Å²) in [5.41, 5.74) is 1.66. The average molecular weight is 374 g/mol. The molecule has 28 heavy (non-hydrogen) atoms. The maximum atomic E-state index is 12.7. The number of benzene rings is 3. The number of phenolic OH excluding ortho intramolecular Hbond substituents is 1. The van der Waals surface area contributed by atoms with Crippen LogP contribution in [-0.4, -0.2) is 18.2 Å². The van der Waals surface area contributed by atoms with Gasteiger partial charge in [-0.1, -0.05) is 61.0 Å². The number of aromatic hydroxyl groups is 1. The Morgan fingerprint density at radius 1 is 1.07 bits per heavy atom. The van der Waals surface area contributed by atoms with Gasteiger partial charge in [-0.15, -0.1) is 0 Å². The number of carbonyl (C=O) groups excluding carboxylic acids is 1. The maximum absolute atomic E-state index is 12.7. The molecule has 1 aliphatic heterocycles. The molecule has 1 N–H and O–H groups in total. The molecule has 0 spiro atoms. The third kappa shape index (κ3) is 2.21. The number of rotatable bonds is 2. The summed E-state index contributed by atoms with van der Waals surface area (Å²) in [6, 6.07) is 17.8. The van der Waals surface area contributed by atoms with E-state index in [0.29, 0.717) is 11.1 Å². The van der Waals surface area contributed by atoms with Gasteiger partial charge < -0.3 is 14.6 Å². The molecule has 1 aliphatic carbocycles. The van der Waals surface area contributed by atoms with Gasteiger partial charge in [-0.05, 0) is 24.8 Å². The number of hydrogen-bond acceptors (Lipinski definition) is 4. The minimum atomic E-state index is -0.516. The van der Waals surface area contributed by atoms with Crippen molar-refractivity contribution in [1.82, 2.24) is 0 Å². The fraction of sp³-hybridized carbons (Fsp3) is 0.292. The molecule has 2 atom stereocenters. The van der Waals surface area contributed by atoms with Crippen molar-refractivity contribution < 1.29 is 19.4 Å². The lowest BCUT2D eigenvalue weighted by molar-refractivity contribution is 0.0329. The minimum Gasteiger partial charge on any atom is -0.506 e. The normalized spacial score (nSPS) is 23.0. The fourth-order valence-corrected chi connectivity index (χ4v) is 5.11. The lowest BCUT2D eigenvalue weighted by atomic mass is 9.69. The standard InChI is InChI=1S/C24H22O4/c1-27-23(26)20-19-18-13-7-8-14-24(18,15-9-3-2-4-10-15)28-22(19)17-12-6-5-11-16(17)21(20)25/h2-6,9-12,18,25H,7-8,13-14H2,1H3/t18-,24+/m0/s1. The molecule has 142 valence electrons. The Balaban J connectivity index is 1.85. The molecular weight excluding hydrogens is 352 g/mol. The van der Waals surface area contributed by atoms with Crippen LogP contribution in [0.3, 0.4) is 0 Å². The van der Waals surface area contributed by atoms with Crippen LogP contribution in [0.25, 0.3) is 10.8 Å². The zero-order valence-electron chi connectivity index (χ0n) is 15.8. The SMILES string of the molecule is COC(=O)c1c2c(c3ccccc3c1O)O[C@@]1(c3ccccc3)CCCC[C@@H]21. The third-order valence-corrected chi connectivity index (χ3v) is 6.32. The molecule has 0 radical (unpaired) electrons. The summed E-state index contributed by atoms with van der Waals surface area (Å²) in [6.07, 6.45) is 3.92. The first kappa shape index (κ1) is 17.1. The van der Waals surface area contributed by atoms with Crippen molar-refractivity contribution in [2.45, 2.75) is 37.2 Å². The van der Waals surface area contributed by atoms with Crippen LogP contribution in [0.4, 0.5) is 0 Å². The summed E-state index contributed by atoms with van der Waals surface area (Å²) in [7, 11) is 1.35. The Morgan fingerprint density at radius 3 is 2.54 bits per heavy atom. The zero-order chi connectivity index (χ0) is 19.3. The van der Waals surface area contributed by atoms with Crippen LogP contribution in [0.15, 0.2) is 54.6 Å². The van der Waals surface area contributed by atoms with E-state index in [4.69, 9.17) is 9.47 Å². The Kier molecular flexibility index (Phi) is 3.83. The van der Waals surface area contributed by atoms with E-state index in [1.165, 1.54) is 7.11 Å². The fourth-order valence-electron chi connectivity index (χ4n) is 5.11. The second-order valence-electron chi connectivity index (χ2n) is 7.66. The molecule has 5 rings (SSSR count). The Labute approximate surface area is 163 Å². The number of esters is 1. The van der Waals surface area contributed by atoms with E-state index in [0.717, 1.165) is 42.2 Å². The molecule has 4 heteroatoms. The van der Waals surface area contributed by atoms with Gasteiger partial charge in [-0.3, -0.25) is 0 Å². The van der Waals surface area contributed by atoms with Crippen LogP contribution in [0.5, 0.6) is 11.5 Å². The van der Waals surface area contributed by atoms with E-state index in [1.54, 1.807) is 0 Å². The molecule has 4 nitrogen and oxygen atoms in total. The first-order chi connectivity index (χ1) is 13.7. The van der Waals surface area contributed by atoms with Crippen molar-refractivity contribution >= 4 is 16.7 Å². The van der Waals surface area contributed by atoms with Crippen LogP contribution >= 0.6 is 0 Å². The van der Waals surface area contributed by atoms with Crippen molar-refractivity contribution in [3.8, 4) is 11.5 Å². The van der Waals surface area contributed by atoms with Crippen LogP contribution < -0.4 is 4.74 Å². The Hall–Kier alpha value is -3.01. The van der Waals surface area contributed by atoms with Crippen LogP contribution in [0.2, 0.25) is 0 Å². The van der Waals surface area contributed by atoms with E-state index >= 15 is 0 Å². The number of fused-ring (bicyclic) bond motifs is 5. The van der Waals surface area contributed by atoms with Crippen LogP contribution in [0, 0.1) is 0 Å². The summed E-state index contributed by atoms with van der Waals surface area (Å²) in [4.78, 5) is 12.7. The van der Waals surface area contributed by atoms with Gasteiger partial charge in [0.1, 0.15) is 22.7 Å². The molecule has 0 aromatic heterocycles. The molecule has 0 saturated heterocycles. The van der Waals surface area contributed by atoms with Gasteiger partial charge in [0.15, 0.2) is 0 Å². The molecule has 3 aromatic rings. The summed E-state index contributed by atoms with van der Waals surface area (Å²) >= 11 is 0. The second-order valence-corrected chi connectivity index (χ2v) is 7.66. The predicted octanol–water partition coefficient (Wildman–Crippen LogP) is 5.28. The number of phenols is 1. The highest BCUT2D eigenvalue weighted by molar-refractivity contribution is 6.06. The number of methoxy groups -OCH3 is 1. The van der Waals surface area contributed by atoms with Gasteiger partial charge >= 0.3 is 5.97 Å². The molecule has 3 aromatic carbocycles. The van der Waals surface area contributed by atoms with Crippen molar-refractivity contribution in [1.29, 1.82) is 0 Å². The quantitative estimate of drug-likeness (QED) is 0.620. The van der Waals surface area contributed by atoms with Gasteiger partial charge in [0.25, 0.3) is 0 Å². The molecule has 1 saturated carbocycles. The molecule has 1 heterocycles. The Bertz CT molecular complexity index is 1070. The lowest BCUT2D eigenvalue weighted by Crippen LogP contribution is -2.37. The van der Waals surface area contributed by atoms with E-state index in [-0.39, 0.29) is 17.2 Å². The molecule has 0 bridgehead atoms. The van der Waals surface area contributed by atoms with Crippen LogP contribution in [-0.2, 0) is 10.3 Å². The van der Waals surface area contributed by atoms with Crippen molar-refractivity contribution in [2.24, 2.45) is 0 Å². The minimum absolute atomic E-state index is 0.00301. The summed E-state index contributed by atoms with van der Waals surface area (Å²) in [5, 5.41) is 12.5. The van der Waals surface area contributed by atoms with Crippen molar-refractivity contribution in [3.63, 3.8) is 0 Å². The zero-order valence-corrected chi connectivity index (χ0v) is 15.8. The maximum Gasteiger partial charge on any atom is 0.342 e. The van der Waals surface area contributed by atoms with Gasteiger partial charge in [-0.2, -0.15) is 0 Å². The van der Waals surface area contributed by atoms with Gasteiger partial charge in [0, 0.05) is 22.3 Å². The van der Waals surface area contributed by atoms with Gasteiger partial charge in [0.2, 0.25) is 0 Å². The first-order valence-electron chi connectivity index (χ1n) is 9.78. The monoisotopic (exact) mass is 374 g/mol. The van der Waals surface area contributed by atoms with Crippen molar-refractivity contribution in [3.05, 3.63) is 71.3 Å². The highest BCUT2D eigenvalue weighted by Gasteiger charge is 2.53. The molecule has 2 aliphatic rings. The summed E-state index contributed by atoms with van der Waals surface area (Å²) in [5.74, 6) is 0.185. The highest BCUT2D eigenvalue weighted by atomic mass is 16.5. The summed E-state index contributed by atoms with van der Waals surface area (Å²) in [6.45, 7) is 0. The number of carbonyl (C=O) groups is 1. The number of ether oxygens (including phenoxy) is 2. The Morgan fingerprint density at radius 2 is 1.79 bits per heavy atom. The second kappa shape index (κ2) is 6.26. The molecule has 0 unspecified atom stereocenters. The largest absolute Gasteiger partial charge is 0.506 e. The molecular formula is C24H22O4. The average Bonchev–Trinajstić information content (AvgIpc) is 3.11. The lowest BCUT2D eigenvalue weighted by Gasteiger charge is -2.39. The molecule has 1 fully saturated rings. The van der Waals surface area contributed by atoms with E-state index in [1.807, 2.05) is 42.5 Å². The van der Waals surface area contributed by atoms with Gasteiger partial charge in [0.05, 0.1) is 7.11 Å². The highest BCUT2D eigenvalue weighted by Crippen LogP contribution is 2.61. The van der Waals surface area contributed by atoms with E-state index in [9.17, 15) is 9.90 Å². The van der Waals surface area contributed by atoms with Crippen molar-refractivity contribution in [2.75, 3.05) is 7.11 Å². The third-order valence-electron chi connectivity index (χ3n) is 6.32. The summed E-state index contributed by atoms with van der Waals surface area (Å²) < 4.78 is 11.8. The number of hydrogen-bond donors (Lipinski definition) is 1. The smallest absolute Gasteiger partial charge is 0.342 e. The molecule has 0 amide bonds. The topological polar surface area (TPSA) is 55.8 Å². The van der Waals surface area contributed by atoms with Gasteiger partial charge in [-0.25, -0.2) is 4.79 Å².